The summed E-state index contributed by atoms with van der Waals surface area (Å²) in [6, 6.07) is 0. The Kier molecular flexibility index (Phi) is 3.85. The summed E-state index contributed by atoms with van der Waals surface area (Å²) in [6.07, 6.45) is 5.35. The molecule has 2 rings (SSSR count). The molecule has 4 heteroatoms. The van der Waals surface area contributed by atoms with Crippen LogP contribution in [0, 0.1) is 0 Å². The molecule has 0 aromatic heterocycles. The van der Waals surface area contributed by atoms with E-state index in [1.165, 1.54) is 12.8 Å². The van der Waals surface area contributed by atoms with E-state index in [1.807, 2.05) is 6.92 Å². The van der Waals surface area contributed by atoms with E-state index in [0.717, 1.165) is 32.5 Å². The highest BCUT2D eigenvalue weighted by molar-refractivity contribution is 4.85. The van der Waals surface area contributed by atoms with Crippen LogP contribution in [0.3, 0.4) is 0 Å². The Bertz CT molecular complexity index is 221. The zero-order chi connectivity index (χ0) is 11.6. The summed E-state index contributed by atoms with van der Waals surface area (Å²) in [7, 11) is 0. The van der Waals surface area contributed by atoms with Gasteiger partial charge in [-0.05, 0) is 39.2 Å². The van der Waals surface area contributed by atoms with Crippen LogP contribution >= 0.6 is 0 Å². The van der Waals surface area contributed by atoms with Crippen molar-refractivity contribution in [3.63, 3.8) is 0 Å². The first kappa shape index (κ1) is 12.3. The maximum absolute atomic E-state index is 9.07. The zero-order valence-electron chi connectivity index (χ0n) is 10.2. The summed E-state index contributed by atoms with van der Waals surface area (Å²) in [6.45, 7) is 5.23. The number of aliphatic hydroxyl groups excluding tert-OH is 1. The van der Waals surface area contributed by atoms with Crippen molar-refractivity contribution >= 4 is 0 Å². The Labute approximate surface area is 97.7 Å². The van der Waals surface area contributed by atoms with Gasteiger partial charge in [0.15, 0.2) is 0 Å². The molecule has 3 atom stereocenters. The van der Waals surface area contributed by atoms with Gasteiger partial charge in [-0.3, -0.25) is 4.90 Å². The highest BCUT2D eigenvalue weighted by atomic mass is 16.5. The molecule has 2 heterocycles. The Morgan fingerprint density at radius 1 is 1.38 bits per heavy atom. The van der Waals surface area contributed by atoms with Gasteiger partial charge in [-0.15, -0.1) is 0 Å². The normalized spacial score (nSPS) is 33.9. The smallest absolute Gasteiger partial charge is 0.0707 e. The summed E-state index contributed by atoms with van der Waals surface area (Å²) < 4.78 is 5.79. The first-order valence-electron chi connectivity index (χ1n) is 6.37. The Balaban J connectivity index is 1.67. The van der Waals surface area contributed by atoms with Crippen molar-refractivity contribution in [1.29, 1.82) is 0 Å². The molecule has 0 amide bonds. The van der Waals surface area contributed by atoms with Crippen LogP contribution in [0.15, 0.2) is 0 Å². The lowest BCUT2D eigenvalue weighted by Gasteiger charge is -2.32. The molecule has 2 fully saturated rings. The summed E-state index contributed by atoms with van der Waals surface area (Å²) in [5.74, 6) is 0. The second-order valence-electron chi connectivity index (χ2n) is 5.63. The van der Waals surface area contributed by atoms with E-state index >= 15 is 0 Å². The second-order valence-corrected chi connectivity index (χ2v) is 5.63. The summed E-state index contributed by atoms with van der Waals surface area (Å²) >= 11 is 0. The zero-order valence-corrected chi connectivity index (χ0v) is 10.2. The molecule has 0 saturated carbocycles. The van der Waals surface area contributed by atoms with Crippen LogP contribution in [-0.2, 0) is 4.74 Å². The number of rotatable bonds is 5. The fourth-order valence-corrected chi connectivity index (χ4v) is 2.67. The minimum Gasteiger partial charge on any atom is -0.394 e. The van der Waals surface area contributed by atoms with Crippen LogP contribution in [0.2, 0.25) is 0 Å². The topological polar surface area (TPSA) is 58.7 Å². The van der Waals surface area contributed by atoms with Crippen LogP contribution in [-0.4, -0.2) is 54.0 Å². The van der Waals surface area contributed by atoms with Crippen molar-refractivity contribution in [2.75, 3.05) is 26.2 Å². The van der Waals surface area contributed by atoms with Crippen LogP contribution in [0.25, 0.3) is 0 Å². The van der Waals surface area contributed by atoms with Gasteiger partial charge in [-0.2, -0.15) is 0 Å². The van der Waals surface area contributed by atoms with Crippen molar-refractivity contribution in [2.24, 2.45) is 5.73 Å². The molecule has 3 unspecified atom stereocenters. The molecular weight excluding hydrogens is 204 g/mol. The van der Waals surface area contributed by atoms with Gasteiger partial charge in [0.2, 0.25) is 0 Å². The molecular formula is C12H24N2O2. The van der Waals surface area contributed by atoms with Gasteiger partial charge in [-0.25, -0.2) is 0 Å². The number of hydrogen-bond acceptors (Lipinski definition) is 4. The van der Waals surface area contributed by atoms with Gasteiger partial charge >= 0.3 is 0 Å². The summed E-state index contributed by atoms with van der Waals surface area (Å²) in [5, 5.41) is 9.07. The molecule has 94 valence electrons. The minimum atomic E-state index is -0.411. The third-order valence-electron chi connectivity index (χ3n) is 3.70. The third-order valence-corrected chi connectivity index (χ3v) is 3.70. The van der Waals surface area contributed by atoms with Crippen molar-refractivity contribution < 1.29 is 9.84 Å². The Hall–Kier alpha value is -0.160. The van der Waals surface area contributed by atoms with E-state index in [0.29, 0.717) is 12.2 Å². The fraction of sp³-hybridized carbons (Fsp3) is 1.00. The highest BCUT2D eigenvalue weighted by Gasteiger charge is 2.33. The number of ether oxygens (including phenoxy) is 1. The molecule has 2 aliphatic heterocycles. The number of aliphatic hydroxyl groups is 1. The highest BCUT2D eigenvalue weighted by Crippen LogP contribution is 2.26. The van der Waals surface area contributed by atoms with Crippen molar-refractivity contribution in [3.8, 4) is 0 Å². The van der Waals surface area contributed by atoms with Gasteiger partial charge in [-0.1, -0.05) is 0 Å². The molecule has 0 aromatic rings. The predicted molar refractivity (Wildman–Crippen MR) is 63.2 cm³/mol. The standard InChI is InChI=1S/C12H24N2O2/c1-12(13,9-15)5-2-6-14-7-10-3-4-11(8-14)16-10/h10-11,15H,2-9,13H2,1H3. The number of nitrogens with zero attached hydrogens (tertiary/aromatic N) is 1. The lowest BCUT2D eigenvalue weighted by Crippen LogP contribution is -2.44. The number of hydrogen-bond donors (Lipinski definition) is 2. The number of likely N-dealkylation sites (tertiary alicyclic amines) is 1. The van der Waals surface area contributed by atoms with Crippen LogP contribution < -0.4 is 5.73 Å². The maximum Gasteiger partial charge on any atom is 0.0707 e. The largest absolute Gasteiger partial charge is 0.394 e. The lowest BCUT2D eigenvalue weighted by atomic mass is 9.98. The van der Waals surface area contributed by atoms with Gasteiger partial charge in [0, 0.05) is 18.6 Å². The van der Waals surface area contributed by atoms with Gasteiger partial charge < -0.3 is 15.6 Å². The second kappa shape index (κ2) is 5.00. The van der Waals surface area contributed by atoms with E-state index in [-0.39, 0.29) is 6.61 Å². The van der Waals surface area contributed by atoms with Crippen molar-refractivity contribution in [2.45, 2.75) is 50.4 Å². The average Bonchev–Trinajstić information content (AvgIpc) is 2.58. The first-order valence-corrected chi connectivity index (χ1v) is 6.37. The Morgan fingerprint density at radius 2 is 2.00 bits per heavy atom. The molecule has 3 N–H and O–H groups in total. The molecule has 2 aliphatic rings. The van der Waals surface area contributed by atoms with Gasteiger partial charge in [0.05, 0.1) is 18.8 Å². The van der Waals surface area contributed by atoms with E-state index in [2.05, 4.69) is 4.90 Å². The van der Waals surface area contributed by atoms with E-state index in [4.69, 9.17) is 15.6 Å². The molecule has 0 aromatic carbocycles. The lowest BCUT2D eigenvalue weighted by molar-refractivity contribution is -0.0389. The minimum absolute atomic E-state index is 0.0708. The molecule has 4 nitrogen and oxygen atoms in total. The number of morpholine rings is 1. The molecule has 0 radical (unpaired) electrons. The number of nitrogens with two attached hydrogens (primary N) is 1. The van der Waals surface area contributed by atoms with Crippen LogP contribution in [0.1, 0.15) is 32.6 Å². The monoisotopic (exact) mass is 228 g/mol. The first-order chi connectivity index (χ1) is 7.59. The summed E-state index contributed by atoms with van der Waals surface area (Å²) in [5.41, 5.74) is 5.49. The molecule has 2 saturated heterocycles. The fourth-order valence-electron chi connectivity index (χ4n) is 2.67. The van der Waals surface area contributed by atoms with Gasteiger partial charge in [0.1, 0.15) is 0 Å². The molecule has 16 heavy (non-hydrogen) atoms. The van der Waals surface area contributed by atoms with Crippen LogP contribution in [0.5, 0.6) is 0 Å². The van der Waals surface area contributed by atoms with E-state index < -0.39 is 5.54 Å². The van der Waals surface area contributed by atoms with Crippen molar-refractivity contribution in [1.82, 2.24) is 4.90 Å². The van der Waals surface area contributed by atoms with E-state index in [1.54, 1.807) is 0 Å². The predicted octanol–water partition coefficient (Wildman–Crippen LogP) is 0.340. The van der Waals surface area contributed by atoms with Gasteiger partial charge in [0.25, 0.3) is 0 Å². The van der Waals surface area contributed by atoms with E-state index in [9.17, 15) is 0 Å². The summed E-state index contributed by atoms with van der Waals surface area (Å²) in [4.78, 5) is 2.49. The molecule has 0 spiro atoms. The van der Waals surface area contributed by atoms with Crippen LogP contribution in [0.4, 0.5) is 0 Å². The maximum atomic E-state index is 9.07. The quantitative estimate of drug-likeness (QED) is 0.712. The molecule has 2 bridgehead atoms. The molecule has 0 aliphatic carbocycles. The third kappa shape index (κ3) is 3.17. The van der Waals surface area contributed by atoms with Crippen molar-refractivity contribution in [3.05, 3.63) is 0 Å². The SMILES string of the molecule is CC(N)(CO)CCCN1CC2CCC(C1)O2. The average molecular weight is 228 g/mol. The Morgan fingerprint density at radius 3 is 2.56 bits per heavy atom. The number of fused-ring (bicyclic) bond motifs is 2.